The highest BCUT2D eigenvalue weighted by Gasteiger charge is 2.09. The lowest BCUT2D eigenvalue weighted by molar-refractivity contribution is -0.111. The van der Waals surface area contributed by atoms with Crippen molar-refractivity contribution in [3.63, 3.8) is 0 Å². The summed E-state index contributed by atoms with van der Waals surface area (Å²) >= 11 is 0. The summed E-state index contributed by atoms with van der Waals surface area (Å²) < 4.78 is 11.3. The molecule has 0 fully saturated rings. The van der Waals surface area contributed by atoms with Crippen LogP contribution >= 0.6 is 0 Å². The number of nitrogens with one attached hydrogen (secondary N) is 1. The normalized spacial score (nSPS) is 10.9. The number of benzene rings is 2. The zero-order valence-electron chi connectivity index (χ0n) is 17.0. The molecule has 4 aromatic rings. The number of anilines is 1. The average molecular weight is 411 g/mol. The lowest BCUT2D eigenvalue weighted by Crippen LogP contribution is -2.08. The van der Waals surface area contributed by atoms with E-state index in [9.17, 15) is 4.79 Å². The smallest absolute Gasteiger partial charge is 0.248 e. The van der Waals surface area contributed by atoms with Gasteiger partial charge >= 0.3 is 0 Å². The van der Waals surface area contributed by atoms with E-state index in [0.29, 0.717) is 17.2 Å². The van der Waals surface area contributed by atoms with Crippen LogP contribution in [0.4, 0.5) is 5.69 Å². The van der Waals surface area contributed by atoms with Crippen LogP contribution in [0.3, 0.4) is 0 Å². The van der Waals surface area contributed by atoms with Gasteiger partial charge in [0.05, 0.1) is 18.3 Å². The van der Waals surface area contributed by atoms with Crippen LogP contribution in [-0.2, 0) is 11.4 Å². The first-order valence-electron chi connectivity index (χ1n) is 9.76. The van der Waals surface area contributed by atoms with Crippen LogP contribution in [0.1, 0.15) is 11.3 Å². The fourth-order valence-corrected chi connectivity index (χ4v) is 3.04. The van der Waals surface area contributed by atoms with Crippen molar-refractivity contribution in [1.29, 1.82) is 0 Å². The van der Waals surface area contributed by atoms with Gasteiger partial charge < -0.3 is 14.8 Å². The Bertz CT molecular complexity index is 1220. The number of pyridine rings is 2. The Morgan fingerprint density at radius 1 is 1.00 bits per heavy atom. The van der Waals surface area contributed by atoms with Crippen molar-refractivity contribution >= 4 is 28.6 Å². The number of nitrogens with zero attached hydrogens (tertiary/aromatic N) is 2. The molecule has 0 radical (unpaired) electrons. The maximum absolute atomic E-state index is 12.3. The largest absolute Gasteiger partial charge is 0.493 e. The Morgan fingerprint density at radius 2 is 1.84 bits per heavy atom. The topological polar surface area (TPSA) is 73.3 Å². The van der Waals surface area contributed by atoms with Gasteiger partial charge in [-0.3, -0.25) is 9.78 Å². The summed E-state index contributed by atoms with van der Waals surface area (Å²) in [6, 6.07) is 20.8. The number of hydrogen-bond acceptors (Lipinski definition) is 5. The minimum atomic E-state index is -0.246. The van der Waals surface area contributed by atoms with Crippen LogP contribution in [0, 0.1) is 0 Å². The summed E-state index contributed by atoms with van der Waals surface area (Å²) in [5, 5.41) is 3.91. The van der Waals surface area contributed by atoms with Crippen molar-refractivity contribution in [2.24, 2.45) is 0 Å². The minimum Gasteiger partial charge on any atom is -0.493 e. The van der Waals surface area contributed by atoms with Crippen molar-refractivity contribution in [1.82, 2.24) is 9.97 Å². The van der Waals surface area contributed by atoms with E-state index in [0.717, 1.165) is 22.2 Å². The highest BCUT2D eigenvalue weighted by Crippen LogP contribution is 2.31. The summed E-state index contributed by atoms with van der Waals surface area (Å²) in [7, 11) is 1.58. The van der Waals surface area contributed by atoms with Gasteiger partial charge in [0.25, 0.3) is 0 Å². The third-order valence-electron chi connectivity index (χ3n) is 4.60. The monoisotopic (exact) mass is 411 g/mol. The zero-order chi connectivity index (χ0) is 21.5. The summed E-state index contributed by atoms with van der Waals surface area (Å²) in [4.78, 5) is 20.8. The summed E-state index contributed by atoms with van der Waals surface area (Å²) in [6.45, 7) is 0.278. The highest BCUT2D eigenvalue weighted by atomic mass is 16.5. The van der Waals surface area contributed by atoms with Gasteiger partial charge in [-0.15, -0.1) is 0 Å². The molecule has 2 aromatic heterocycles. The van der Waals surface area contributed by atoms with Gasteiger partial charge in [-0.05, 0) is 48.0 Å². The number of methoxy groups -OCH3 is 1. The van der Waals surface area contributed by atoms with E-state index >= 15 is 0 Å². The maximum Gasteiger partial charge on any atom is 0.248 e. The first kappa shape index (κ1) is 20.1. The number of amides is 1. The van der Waals surface area contributed by atoms with Crippen molar-refractivity contribution < 1.29 is 14.3 Å². The fourth-order valence-electron chi connectivity index (χ4n) is 3.04. The number of ether oxygens (including phenoxy) is 2. The number of carbonyl (C=O) groups is 1. The average Bonchev–Trinajstić information content (AvgIpc) is 2.82. The molecule has 4 rings (SSSR count). The third-order valence-corrected chi connectivity index (χ3v) is 4.60. The van der Waals surface area contributed by atoms with Crippen molar-refractivity contribution in [2.45, 2.75) is 6.61 Å². The fraction of sp³-hybridized carbons (Fsp3) is 0.0800. The quantitative estimate of drug-likeness (QED) is 0.439. The van der Waals surface area contributed by atoms with Crippen LogP contribution in [0.2, 0.25) is 0 Å². The lowest BCUT2D eigenvalue weighted by atomic mass is 10.2. The van der Waals surface area contributed by atoms with E-state index in [4.69, 9.17) is 9.47 Å². The molecule has 0 bridgehead atoms. The Kier molecular flexibility index (Phi) is 6.18. The molecule has 1 amide bonds. The van der Waals surface area contributed by atoms with Crippen LogP contribution < -0.4 is 14.8 Å². The molecule has 0 saturated heterocycles. The number of rotatable bonds is 7. The summed E-state index contributed by atoms with van der Waals surface area (Å²) in [5.74, 6) is 0.851. The van der Waals surface area contributed by atoms with Crippen LogP contribution in [-0.4, -0.2) is 23.0 Å². The van der Waals surface area contributed by atoms with Crippen LogP contribution in [0.25, 0.3) is 17.0 Å². The van der Waals surface area contributed by atoms with Crippen molar-refractivity contribution in [2.75, 3.05) is 12.4 Å². The molecule has 2 aromatic carbocycles. The van der Waals surface area contributed by atoms with Crippen molar-refractivity contribution in [3.05, 3.63) is 96.5 Å². The second-order valence-electron chi connectivity index (χ2n) is 6.75. The molecular weight excluding hydrogens is 390 g/mol. The SMILES string of the molecule is COc1ccc(NC(=O)/C=C/c2ccncc2)cc1OCc1ccc2ccccc2n1. The Balaban J connectivity index is 1.45. The van der Waals surface area contributed by atoms with Gasteiger partial charge in [0.2, 0.25) is 5.91 Å². The zero-order valence-corrected chi connectivity index (χ0v) is 17.0. The van der Waals surface area contributed by atoms with E-state index in [1.807, 2.05) is 48.5 Å². The predicted octanol–water partition coefficient (Wildman–Crippen LogP) is 4.87. The Morgan fingerprint density at radius 3 is 2.68 bits per heavy atom. The number of aromatic nitrogens is 2. The highest BCUT2D eigenvalue weighted by molar-refractivity contribution is 6.02. The molecule has 6 heteroatoms. The van der Waals surface area contributed by atoms with Gasteiger partial charge in [0.1, 0.15) is 6.61 Å². The molecule has 1 N–H and O–H groups in total. The second-order valence-corrected chi connectivity index (χ2v) is 6.75. The molecule has 0 atom stereocenters. The summed E-state index contributed by atoms with van der Waals surface area (Å²) in [6.07, 6.45) is 6.55. The number of carbonyl (C=O) groups excluding carboxylic acids is 1. The molecular formula is C25H21N3O3. The van der Waals surface area contributed by atoms with Gasteiger partial charge in [0, 0.05) is 35.6 Å². The second kappa shape index (κ2) is 9.54. The number of fused-ring (bicyclic) bond motifs is 1. The minimum absolute atomic E-state index is 0.246. The first-order valence-corrected chi connectivity index (χ1v) is 9.76. The van der Waals surface area contributed by atoms with Gasteiger partial charge in [-0.2, -0.15) is 0 Å². The third kappa shape index (κ3) is 5.25. The molecule has 6 nitrogen and oxygen atoms in total. The molecule has 0 aliphatic heterocycles. The van der Waals surface area contributed by atoms with Crippen LogP contribution in [0.5, 0.6) is 11.5 Å². The standard InChI is InChI=1S/C25H21N3O3/c1-30-23-10-9-20(28-25(29)11-6-18-12-14-26-15-13-18)16-24(23)31-17-21-8-7-19-4-2-3-5-22(19)27-21/h2-16H,17H2,1H3,(H,28,29)/b11-6+. The van der Waals surface area contributed by atoms with Crippen LogP contribution in [0.15, 0.2) is 85.2 Å². The molecule has 0 unspecified atom stereocenters. The first-order chi connectivity index (χ1) is 15.2. The lowest BCUT2D eigenvalue weighted by Gasteiger charge is -2.12. The molecule has 2 heterocycles. The van der Waals surface area contributed by atoms with E-state index < -0.39 is 0 Å². The van der Waals surface area contributed by atoms with Crippen molar-refractivity contribution in [3.8, 4) is 11.5 Å². The number of hydrogen-bond donors (Lipinski definition) is 1. The maximum atomic E-state index is 12.3. The van der Waals surface area contributed by atoms with Gasteiger partial charge in [-0.1, -0.05) is 24.3 Å². The Hall–Kier alpha value is -4.19. The summed E-state index contributed by atoms with van der Waals surface area (Å²) in [5.41, 5.74) is 3.21. The van der Waals surface area contributed by atoms with Gasteiger partial charge in [0.15, 0.2) is 11.5 Å². The van der Waals surface area contributed by atoms with E-state index in [-0.39, 0.29) is 12.5 Å². The molecule has 0 spiro atoms. The Labute approximate surface area is 180 Å². The van der Waals surface area contributed by atoms with Gasteiger partial charge in [-0.25, -0.2) is 4.98 Å². The predicted molar refractivity (Wildman–Crippen MR) is 121 cm³/mol. The molecule has 0 aliphatic carbocycles. The number of para-hydroxylation sites is 1. The molecule has 0 aliphatic rings. The molecule has 154 valence electrons. The molecule has 0 saturated carbocycles. The van der Waals surface area contributed by atoms with E-state index in [1.54, 1.807) is 43.8 Å². The van der Waals surface area contributed by atoms with E-state index in [2.05, 4.69) is 15.3 Å². The van der Waals surface area contributed by atoms with E-state index in [1.165, 1.54) is 6.08 Å². The molecule has 31 heavy (non-hydrogen) atoms.